The molecule has 0 bridgehead atoms. The Morgan fingerprint density at radius 3 is 2.80 bits per heavy atom. The van der Waals surface area contributed by atoms with Crippen molar-refractivity contribution in [1.29, 1.82) is 0 Å². The molecule has 1 heterocycles. The van der Waals surface area contributed by atoms with Crippen molar-refractivity contribution >= 4 is 22.7 Å². The maximum absolute atomic E-state index is 6.00. The fourth-order valence-electron chi connectivity index (χ4n) is 1.29. The van der Waals surface area contributed by atoms with Crippen LogP contribution in [0.25, 0.3) is 11.1 Å². The van der Waals surface area contributed by atoms with E-state index in [9.17, 15) is 0 Å². The van der Waals surface area contributed by atoms with Crippen molar-refractivity contribution in [2.75, 3.05) is 6.54 Å². The van der Waals surface area contributed by atoms with Crippen LogP contribution in [0.4, 0.5) is 0 Å². The van der Waals surface area contributed by atoms with E-state index in [2.05, 4.69) is 4.98 Å². The third kappa shape index (κ3) is 1.73. The van der Waals surface area contributed by atoms with Crippen molar-refractivity contribution in [1.82, 2.24) is 4.98 Å². The van der Waals surface area contributed by atoms with Crippen molar-refractivity contribution < 1.29 is 4.42 Å². The highest BCUT2D eigenvalue weighted by Gasteiger charge is 2.25. The molecule has 2 rings (SSSR count). The quantitative estimate of drug-likeness (QED) is 0.854. The van der Waals surface area contributed by atoms with Crippen molar-refractivity contribution in [3.05, 3.63) is 29.1 Å². The van der Waals surface area contributed by atoms with Gasteiger partial charge in [-0.05, 0) is 26.0 Å². The molecule has 0 radical (unpaired) electrons. The Morgan fingerprint density at radius 2 is 2.20 bits per heavy atom. The minimum atomic E-state index is -0.262. The fourth-order valence-corrected chi connectivity index (χ4v) is 1.50. The Hall–Kier alpha value is -1.06. The van der Waals surface area contributed by atoms with E-state index in [1.165, 1.54) is 0 Å². The Morgan fingerprint density at radius 1 is 1.47 bits per heavy atom. The summed E-state index contributed by atoms with van der Waals surface area (Å²) in [4.78, 5) is 4.38. The van der Waals surface area contributed by atoms with Gasteiger partial charge in [0.2, 0.25) is 5.89 Å². The number of nitrogens with two attached hydrogens (primary N) is 1. The highest BCUT2D eigenvalue weighted by molar-refractivity contribution is 6.34. The molecule has 3 nitrogen and oxygen atoms in total. The molecule has 2 aromatic rings. The van der Waals surface area contributed by atoms with Crippen molar-refractivity contribution in [2.24, 2.45) is 5.73 Å². The van der Waals surface area contributed by atoms with Gasteiger partial charge in [-0.2, -0.15) is 0 Å². The van der Waals surface area contributed by atoms with E-state index >= 15 is 0 Å². The second kappa shape index (κ2) is 3.51. The first-order chi connectivity index (χ1) is 7.04. The lowest BCUT2D eigenvalue weighted by Gasteiger charge is -2.16. The predicted molar refractivity (Wildman–Crippen MR) is 61.1 cm³/mol. The molecule has 0 aliphatic carbocycles. The van der Waals surface area contributed by atoms with Crippen LogP contribution in [0, 0.1) is 0 Å². The predicted octanol–water partition coefficient (Wildman–Crippen LogP) is 2.72. The molecule has 0 aliphatic heterocycles. The molecular formula is C11H13ClN2O. The average Bonchev–Trinajstić information content (AvgIpc) is 2.64. The molecule has 2 N–H and O–H groups in total. The Kier molecular flexibility index (Phi) is 2.44. The Balaban J connectivity index is 2.62. The number of rotatable bonds is 2. The second-order valence-corrected chi connectivity index (χ2v) is 4.60. The van der Waals surface area contributed by atoms with E-state index in [0.717, 1.165) is 5.52 Å². The summed E-state index contributed by atoms with van der Waals surface area (Å²) in [5.41, 5.74) is 6.82. The lowest BCUT2D eigenvalue weighted by molar-refractivity contribution is 0.391. The summed E-state index contributed by atoms with van der Waals surface area (Å²) in [7, 11) is 0. The maximum Gasteiger partial charge on any atom is 0.202 e. The minimum Gasteiger partial charge on any atom is -0.438 e. The van der Waals surface area contributed by atoms with Crippen LogP contribution in [0.3, 0.4) is 0 Å². The zero-order valence-corrected chi connectivity index (χ0v) is 9.51. The zero-order chi connectivity index (χ0) is 11.1. The van der Waals surface area contributed by atoms with E-state index in [1.807, 2.05) is 26.0 Å². The number of benzene rings is 1. The molecule has 0 spiro atoms. The van der Waals surface area contributed by atoms with Gasteiger partial charge in [-0.3, -0.25) is 0 Å². The number of hydrogen-bond donors (Lipinski definition) is 1. The van der Waals surface area contributed by atoms with E-state index in [-0.39, 0.29) is 5.41 Å². The summed E-state index contributed by atoms with van der Waals surface area (Å²) in [6.45, 7) is 4.47. The van der Waals surface area contributed by atoms with E-state index in [1.54, 1.807) is 6.07 Å². The zero-order valence-electron chi connectivity index (χ0n) is 8.75. The van der Waals surface area contributed by atoms with Gasteiger partial charge in [-0.1, -0.05) is 17.7 Å². The third-order valence-corrected chi connectivity index (χ3v) is 2.75. The summed E-state index contributed by atoms with van der Waals surface area (Å²) < 4.78 is 5.63. The first kappa shape index (κ1) is 10.5. The molecular weight excluding hydrogens is 212 g/mol. The number of nitrogens with zero attached hydrogens (tertiary/aromatic N) is 1. The molecule has 4 heteroatoms. The average molecular weight is 225 g/mol. The number of aromatic nitrogens is 1. The van der Waals surface area contributed by atoms with E-state index in [4.69, 9.17) is 21.8 Å². The third-order valence-electron chi connectivity index (χ3n) is 2.46. The van der Waals surface area contributed by atoms with Gasteiger partial charge in [0, 0.05) is 6.54 Å². The molecule has 0 amide bonds. The molecule has 0 unspecified atom stereocenters. The first-order valence-corrected chi connectivity index (χ1v) is 5.18. The molecule has 0 aliphatic rings. The lowest BCUT2D eigenvalue weighted by atomic mass is 9.94. The largest absolute Gasteiger partial charge is 0.438 e. The van der Waals surface area contributed by atoms with Crippen LogP contribution in [0.15, 0.2) is 22.6 Å². The summed E-state index contributed by atoms with van der Waals surface area (Å²) in [5.74, 6) is 0.633. The van der Waals surface area contributed by atoms with Gasteiger partial charge in [-0.25, -0.2) is 4.98 Å². The standard InChI is InChI=1S/C11H13ClN2O/c1-11(2,6-13)10-14-8-5-3-4-7(12)9(8)15-10/h3-5H,6,13H2,1-2H3. The van der Waals surface area contributed by atoms with E-state index in [0.29, 0.717) is 23.0 Å². The number of fused-ring (bicyclic) bond motifs is 1. The van der Waals surface area contributed by atoms with Crippen molar-refractivity contribution in [2.45, 2.75) is 19.3 Å². The van der Waals surface area contributed by atoms with Crippen molar-refractivity contribution in [3.63, 3.8) is 0 Å². The summed E-state index contributed by atoms with van der Waals surface area (Å²) >= 11 is 6.00. The molecule has 1 aromatic carbocycles. The Labute approximate surface area is 93.2 Å². The Bertz CT molecular complexity index is 490. The van der Waals surface area contributed by atoms with Crippen molar-refractivity contribution in [3.8, 4) is 0 Å². The maximum atomic E-state index is 6.00. The summed E-state index contributed by atoms with van der Waals surface area (Å²) in [5, 5.41) is 0.582. The molecule has 0 atom stereocenters. The fraction of sp³-hybridized carbons (Fsp3) is 0.364. The second-order valence-electron chi connectivity index (χ2n) is 4.20. The van der Waals surface area contributed by atoms with Crippen LogP contribution in [-0.2, 0) is 5.41 Å². The van der Waals surface area contributed by atoms with Gasteiger partial charge in [0.1, 0.15) is 5.52 Å². The number of para-hydroxylation sites is 1. The van der Waals surface area contributed by atoms with E-state index < -0.39 is 0 Å². The van der Waals surface area contributed by atoms with Crippen LogP contribution in [0.2, 0.25) is 5.02 Å². The normalized spacial score (nSPS) is 12.3. The van der Waals surface area contributed by atoms with Gasteiger partial charge >= 0.3 is 0 Å². The van der Waals surface area contributed by atoms with Crippen LogP contribution in [0.5, 0.6) is 0 Å². The SMILES string of the molecule is CC(C)(CN)c1nc2cccc(Cl)c2o1. The molecule has 1 aromatic heterocycles. The van der Waals surface area contributed by atoms with Crippen LogP contribution in [-0.4, -0.2) is 11.5 Å². The van der Waals surface area contributed by atoms with Gasteiger partial charge in [0.25, 0.3) is 0 Å². The number of oxazole rings is 1. The summed E-state index contributed by atoms with van der Waals surface area (Å²) in [6.07, 6.45) is 0. The minimum absolute atomic E-state index is 0.262. The van der Waals surface area contributed by atoms with Crippen LogP contribution < -0.4 is 5.73 Å². The molecule has 80 valence electrons. The number of hydrogen-bond acceptors (Lipinski definition) is 3. The lowest BCUT2D eigenvalue weighted by Crippen LogP contribution is -2.28. The summed E-state index contributed by atoms with van der Waals surface area (Å²) in [6, 6.07) is 5.52. The van der Waals surface area contributed by atoms with Crippen LogP contribution in [0.1, 0.15) is 19.7 Å². The number of halogens is 1. The van der Waals surface area contributed by atoms with Crippen LogP contribution >= 0.6 is 11.6 Å². The molecule has 0 saturated carbocycles. The smallest absolute Gasteiger partial charge is 0.202 e. The highest BCUT2D eigenvalue weighted by Crippen LogP contribution is 2.29. The van der Waals surface area contributed by atoms with Gasteiger partial charge in [0.05, 0.1) is 10.4 Å². The molecule has 15 heavy (non-hydrogen) atoms. The van der Waals surface area contributed by atoms with Gasteiger partial charge < -0.3 is 10.2 Å². The topological polar surface area (TPSA) is 52.0 Å². The van der Waals surface area contributed by atoms with Gasteiger partial charge in [-0.15, -0.1) is 0 Å². The first-order valence-electron chi connectivity index (χ1n) is 4.80. The highest BCUT2D eigenvalue weighted by atomic mass is 35.5. The molecule has 0 saturated heterocycles. The van der Waals surface area contributed by atoms with Gasteiger partial charge in [0.15, 0.2) is 5.58 Å². The molecule has 0 fully saturated rings. The monoisotopic (exact) mass is 224 g/mol.